The van der Waals surface area contributed by atoms with Crippen molar-refractivity contribution >= 4 is 31.9 Å². The molecular formula is C14H17BrN2O3S. The van der Waals surface area contributed by atoms with Crippen molar-refractivity contribution in [2.75, 3.05) is 19.6 Å². The van der Waals surface area contributed by atoms with Crippen LogP contribution < -0.4 is 5.32 Å². The normalized spacial score (nSPS) is 22.4. The van der Waals surface area contributed by atoms with E-state index in [1.165, 1.54) is 4.31 Å². The lowest BCUT2D eigenvalue weighted by molar-refractivity contribution is -0.119. The molecule has 0 atom stereocenters. The van der Waals surface area contributed by atoms with Crippen LogP contribution in [0.4, 0.5) is 0 Å². The second kappa shape index (κ2) is 5.37. The molecule has 0 radical (unpaired) electrons. The van der Waals surface area contributed by atoms with Crippen molar-refractivity contribution in [3.8, 4) is 0 Å². The Labute approximate surface area is 132 Å². The lowest BCUT2D eigenvalue weighted by Crippen LogP contribution is -2.43. The molecule has 2 fully saturated rings. The molecule has 0 unspecified atom stereocenters. The van der Waals surface area contributed by atoms with Gasteiger partial charge in [0.25, 0.3) is 0 Å². The molecule has 2 aliphatic heterocycles. The molecular weight excluding hydrogens is 356 g/mol. The van der Waals surface area contributed by atoms with Gasteiger partial charge in [-0.3, -0.25) is 4.79 Å². The quantitative estimate of drug-likeness (QED) is 0.859. The van der Waals surface area contributed by atoms with Crippen LogP contribution in [-0.2, 0) is 14.8 Å². The summed E-state index contributed by atoms with van der Waals surface area (Å²) >= 11 is 3.31. The number of rotatable bonds is 2. The van der Waals surface area contributed by atoms with E-state index in [1.54, 1.807) is 24.3 Å². The molecule has 0 aromatic heterocycles. The number of carbonyl (C=O) groups is 1. The van der Waals surface area contributed by atoms with Crippen LogP contribution in [0.2, 0.25) is 0 Å². The van der Waals surface area contributed by atoms with Gasteiger partial charge < -0.3 is 5.32 Å². The predicted molar refractivity (Wildman–Crippen MR) is 82.2 cm³/mol. The molecule has 1 N–H and O–H groups in total. The summed E-state index contributed by atoms with van der Waals surface area (Å²) in [6.07, 6.45) is 2.00. The Morgan fingerprint density at radius 1 is 1.14 bits per heavy atom. The molecule has 114 valence electrons. The molecule has 3 rings (SSSR count). The smallest absolute Gasteiger partial charge is 0.243 e. The Morgan fingerprint density at radius 3 is 2.29 bits per heavy atom. The van der Waals surface area contributed by atoms with Gasteiger partial charge in [-0.2, -0.15) is 4.31 Å². The highest BCUT2D eigenvalue weighted by Gasteiger charge is 2.43. The molecule has 5 nitrogen and oxygen atoms in total. The van der Waals surface area contributed by atoms with Crippen molar-refractivity contribution in [1.82, 2.24) is 9.62 Å². The Bertz CT molecular complexity index is 649. The zero-order valence-electron chi connectivity index (χ0n) is 11.5. The molecule has 21 heavy (non-hydrogen) atoms. The van der Waals surface area contributed by atoms with Gasteiger partial charge in [-0.05, 0) is 42.5 Å². The Balaban J connectivity index is 1.74. The monoisotopic (exact) mass is 372 g/mol. The molecule has 1 aromatic carbocycles. The summed E-state index contributed by atoms with van der Waals surface area (Å²) in [5, 5.41) is 2.86. The molecule has 0 saturated carbocycles. The molecule has 1 amide bonds. The van der Waals surface area contributed by atoms with E-state index in [4.69, 9.17) is 0 Å². The fraction of sp³-hybridized carbons (Fsp3) is 0.500. The number of piperidine rings is 1. The van der Waals surface area contributed by atoms with E-state index >= 15 is 0 Å². The maximum Gasteiger partial charge on any atom is 0.243 e. The van der Waals surface area contributed by atoms with Crippen LogP contribution in [0, 0.1) is 5.41 Å². The van der Waals surface area contributed by atoms with Gasteiger partial charge in [0, 0.05) is 30.5 Å². The van der Waals surface area contributed by atoms with E-state index < -0.39 is 10.0 Å². The number of sulfonamides is 1. The van der Waals surface area contributed by atoms with E-state index in [9.17, 15) is 13.2 Å². The van der Waals surface area contributed by atoms with Crippen LogP contribution in [0.15, 0.2) is 33.6 Å². The average molecular weight is 373 g/mol. The highest BCUT2D eigenvalue weighted by molar-refractivity contribution is 9.10. The SMILES string of the molecule is O=C1CC2(CCN(S(=O)(=O)c3ccc(Br)cc3)CC2)CN1. The van der Waals surface area contributed by atoms with Gasteiger partial charge in [0.05, 0.1) is 4.90 Å². The van der Waals surface area contributed by atoms with E-state index in [-0.39, 0.29) is 11.3 Å². The van der Waals surface area contributed by atoms with Gasteiger partial charge in [0.1, 0.15) is 0 Å². The van der Waals surface area contributed by atoms with Gasteiger partial charge in [-0.25, -0.2) is 8.42 Å². The summed E-state index contributed by atoms with van der Waals surface area (Å²) in [5.74, 6) is 0.0826. The number of amides is 1. The van der Waals surface area contributed by atoms with Crippen LogP contribution in [0.5, 0.6) is 0 Å². The molecule has 1 aromatic rings. The van der Waals surface area contributed by atoms with Crippen LogP contribution >= 0.6 is 15.9 Å². The number of nitrogens with one attached hydrogen (secondary N) is 1. The largest absolute Gasteiger partial charge is 0.356 e. The van der Waals surface area contributed by atoms with Crippen molar-refractivity contribution < 1.29 is 13.2 Å². The first kappa shape index (κ1) is 15.0. The van der Waals surface area contributed by atoms with Crippen molar-refractivity contribution in [3.63, 3.8) is 0 Å². The third-order valence-electron chi connectivity index (χ3n) is 4.43. The van der Waals surface area contributed by atoms with Crippen LogP contribution in [0.25, 0.3) is 0 Å². The molecule has 2 saturated heterocycles. The minimum atomic E-state index is -3.43. The number of hydrogen-bond donors (Lipinski definition) is 1. The second-order valence-electron chi connectivity index (χ2n) is 5.81. The van der Waals surface area contributed by atoms with E-state index in [0.717, 1.165) is 17.3 Å². The average Bonchev–Trinajstić information content (AvgIpc) is 2.81. The number of carbonyl (C=O) groups excluding carboxylic acids is 1. The summed E-state index contributed by atoms with van der Waals surface area (Å²) < 4.78 is 27.6. The number of benzene rings is 1. The maximum atomic E-state index is 12.6. The van der Waals surface area contributed by atoms with E-state index in [0.29, 0.717) is 31.0 Å². The first-order chi connectivity index (χ1) is 9.91. The third kappa shape index (κ3) is 2.86. The van der Waals surface area contributed by atoms with Crippen LogP contribution in [-0.4, -0.2) is 38.3 Å². The van der Waals surface area contributed by atoms with Crippen LogP contribution in [0.1, 0.15) is 19.3 Å². The lowest BCUT2D eigenvalue weighted by Gasteiger charge is -2.37. The number of nitrogens with zero attached hydrogens (tertiary/aromatic N) is 1. The minimum absolute atomic E-state index is 0.0389. The zero-order chi connectivity index (χ0) is 15.1. The standard InChI is InChI=1S/C14H17BrN2O3S/c15-11-1-3-12(4-2-11)21(19,20)17-7-5-14(6-8-17)9-13(18)16-10-14/h1-4H,5-10H2,(H,16,18). The Kier molecular flexibility index (Phi) is 3.83. The first-order valence-corrected chi connectivity index (χ1v) is 9.17. The first-order valence-electron chi connectivity index (χ1n) is 6.94. The van der Waals surface area contributed by atoms with Crippen LogP contribution in [0.3, 0.4) is 0 Å². The van der Waals surface area contributed by atoms with Gasteiger partial charge in [0.15, 0.2) is 0 Å². The number of hydrogen-bond acceptors (Lipinski definition) is 3. The molecule has 1 spiro atoms. The maximum absolute atomic E-state index is 12.6. The van der Waals surface area contributed by atoms with Gasteiger partial charge in [-0.1, -0.05) is 15.9 Å². The van der Waals surface area contributed by atoms with Crippen molar-refractivity contribution in [1.29, 1.82) is 0 Å². The molecule has 0 aliphatic carbocycles. The second-order valence-corrected chi connectivity index (χ2v) is 8.67. The van der Waals surface area contributed by atoms with Gasteiger partial charge >= 0.3 is 0 Å². The van der Waals surface area contributed by atoms with E-state index in [1.807, 2.05) is 0 Å². The molecule has 2 heterocycles. The fourth-order valence-electron chi connectivity index (χ4n) is 3.06. The summed E-state index contributed by atoms with van der Waals surface area (Å²) in [4.78, 5) is 11.7. The third-order valence-corrected chi connectivity index (χ3v) is 6.87. The zero-order valence-corrected chi connectivity index (χ0v) is 13.9. The Hall–Kier alpha value is -0.920. The fourth-order valence-corrected chi connectivity index (χ4v) is 4.77. The Morgan fingerprint density at radius 2 is 1.76 bits per heavy atom. The van der Waals surface area contributed by atoms with Crippen molar-refractivity contribution in [3.05, 3.63) is 28.7 Å². The molecule has 0 bridgehead atoms. The molecule has 7 heteroatoms. The highest BCUT2D eigenvalue weighted by atomic mass is 79.9. The van der Waals surface area contributed by atoms with Gasteiger partial charge in [0.2, 0.25) is 15.9 Å². The van der Waals surface area contributed by atoms with Crippen molar-refractivity contribution in [2.45, 2.75) is 24.2 Å². The van der Waals surface area contributed by atoms with Crippen molar-refractivity contribution in [2.24, 2.45) is 5.41 Å². The van der Waals surface area contributed by atoms with E-state index in [2.05, 4.69) is 21.2 Å². The summed E-state index contributed by atoms with van der Waals surface area (Å²) in [6, 6.07) is 6.70. The summed E-state index contributed by atoms with van der Waals surface area (Å²) in [6.45, 7) is 1.64. The summed E-state index contributed by atoms with van der Waals surface area (Å²) in [5.41, 5.74) is -0.0389. The molecule has 2 aliphatic rings. The highest BCUT2D eigenvalue weighted by Crippen LogP contribution is 2.38. The van der Waals surface area contributed by atoms with Gasteiger partial charge in [-0.15, -0.1) is 0 Å². The minimum Gasteiger partial charge on any atom is -0.356 e. The lowest BCUT2D eigenvalue weighted by atomic mass is 9.78. The topological polar surface area (TPSA) is 66.5 Å². The number of halogens is 1. The summed E-state index contributed by atoms with van der Waals surface area (Å²) in [7, 11) is -3.43. The predicted octanol–water partition coefficient (Wildman–Crippen LogP) is 1.74.